The summed E-state index contributed by atoms with van der Waals surface area (Å²) in [4.78, 5) is 16.6. The van der Waals surface area contributed by atoms with Crippen molar-refractivity contribution in [1.29, 1.82) is 0 Å². The van der Waals surface area contributed by atoms with Crippen molar-refractivity contribution < 1.29 is 14.4 Å². The van der Waals surface area contributed by atoms with Crippen molar-refractivity contribution in [3.8, 4) is 0 Å². The molecule has 5 heteroatoms. The van der Waals surface area contributed by atoms with E-state index >= 15 is 0 Å². The summed E-state index contributed by atoms with van der Waals surface area (Å²) in [5, 5.41) is 0. The van der Waals surface area contributed by atoms with Crippen molar-refractivity contribution in [2.24, 2.45) is 5.90 Å². The third-order valence-corrected chi connectivity index (χ3v) is 2.57. The van der Waals surface area contributed by atoms with Gasteiger partial charge in [0.05, 0.1) is 6.61 Å². The second-order valence-corrected chi connectivity index (χ2v) is 3.87. The highest BCUT2D eigenvalue weighted by Gasteiger charge is 2.20. The van der Waals surface area contributed by atoms with Crippen LogP contribution in [0.3, 0.4) is 0 Å². The molecule has 0 aliphatic rings. The summed E-state index contributed by atoms with van der Waals surface area (Å²) in [6, 6.07) is 6.98. The lowest BCUT2D eigenvalue weighted by molar-refractivity contribution is -0.138. The van der Waals surface area contributed by atoms with Crippen LogP contribution in [-0.2, 0) is 14.4 Å². The predicted octanol–water partition coefficient (Wildman–Crippen LogP) is 2.01. The average Bonchev–Trinajstić information content (AvgIpc) is 2.39. The van der Waals surface area contributed by atoms with E-state index in [1.807, 2.05) is 0 Å². The molecular formula is C14H18N2O3. The largest absolute Gasteiger partial charge is 0.462 e. The summed E-state index contributed by atoms with van der Waals surface area (Å²) < 4.78 is 4.98. The van der Waals surface area contributed by atoms with Crippen molar-refractivity contribution >= 4 is 17.2 Å². The minimum Gasteiger partial charge on any atom is -0.462 e. The van der Waals surface area contributed by atoms with Gasteiger partial charge in [-0.25, -0.2) is 4.79 Å². The van der Waals surface area contributed by atoms with E-state index < -0.39 is 5.97 Å². The Hall–Kier alpha value is -2.27. The Labute approximate surface area is 112 Å². The van der Waals surface area contributed by atoms with Crippen molar-refractivity contribution in [2.75, 3.05) is 12.3 Å². The molecule has 1 aromatic carbocycles. The van der Waals surface area contributed by atoms with Crippen LogP contribution in [-0.4, -0.2) is 12.6 Å². The number of nitrogen functional groups attached to an aromatic ring is 1. The summed E-state index contributed by atoms with van der Waals surface area (Å²) in [5.74, 6) is 4.85. The van der Waals surface area contributed by atoms with Crippen LogP contribution < -0.4 is 11.6 Å². The summed E-state index contributed by atoms with van der Waals surface area (Å²) in [6.07, 6.45) is 0. The molecule has 0 aliphatic carbocycles. The van der Waals surface area contributed by atoms with Gasteiger partial charge >= 0.3 is 5.97 Å². The second-order valence-electron chi connectivity index (χ2n) is 3.87. The summed E-state index contributed by atoms with van der Waals surface area (Å²) in [6.45, 7) is 7.45. The first kappa shape index (κ1) is 14.8. The molecule has 0 atom stereocenters. The Kier molecular flexibility index (Phi) is 5.14. The highest BCUT2D eigenvalue weighted by molar-refractivity contribution is 6.06. The number of anilines is 1. The SMILES string of the molecule is C=C(/C(C(=O)OCC)=C(/C)ON)c1ccc(N)cc1. The number of esters is 1. The molecule has 0 fully saturated rings. The molecule has 0 saturated carbocycles. The topological polar surface area (TPSA) is 87.6 Å². The molecule has 1 rings (SSSR count). The molecule has 4 N–H and O–H groups in total. The first-order valence-electron chi connectivity index (χ1n) is 5.81. The normalized spacial score (nSPS) is 11.5. The molecule has 0 aromatic heterocycles. The zero-order chi connectivity index (χ0) is 14.4. The zero-order valence-electron chi connectivity index (χ0n) is 11.1. The lowest BCUT2D eigenvalue weighted by atomic mass is 9.98. The van der Waals surface area contributed by atoms with Gasteiger partial charge in [-0.15, -0.1) is 0 Å². The van der Waals surface area contributed by atoms with Crippen LogP contribution in [0.2, 0.25) is 0 Å². The number of hydrogen-bond acceptors (Lipinski definition) is 5. The van der Waals surface area contributed by atoms with Gasteiger partial charge in [0.15, 0.2) is 0 Å². The highest BCUT2D eigenvalue weighted by atomic mass is 16.6. The summed E-state index contributed by atoms with van der Waals surface area (Å²) in [5.41, 5.74) is 7.68. The fourth-order valence-corrected chi connectivity index (χ4v) is 1.57. The maximum atomic E-state index is 11.9. The summed E-state index contributed by atoms with van der Waals surface area (Å²) >= 11 is 0. The quantitative estimate of drug-likeness (QED) is 0.212. The second kappa shape index (κ2) is 6.61. The lowest BCUT2D eigenvalue weighted by Gasteiger charge is -2.13. The third kappa shape index (κ3) is 3.59. The molecule has 102 valence electrons. The molecule has 0 bridgehead atoms. The molecule has 0 unspecified atom stereocenters. The monoisotopic (exact) mass is 262 g/mol. The first-order valence-corrected chi connectivity index (χ1v) is 5.81. The molecule has 0 saturated heterocycles. The molecule has 0 heterocycles. The smallest absolute Gasteiger partial charge is 0.342 e. The Morgan fingerprint density at radius 2 is 1.89 bits per heavy atom. The molecule has 0 radical (unpaired) electrons. The van der Waals surface area contributed by atoms with E-state index in [-0.39, 0.29) is 17.9 Å². The number of benzene rings is 1. The van der Waals surface area contributed by atoms with Crippen molar-refractivity contribution in [1.82, 2.24) is 0 Å². The van der Waals surface area contributed by atoms with Gasteiger partial charge in [0, 0.05) is 5.69 Å². The van der Waals surface area contributed by atoms with E-state index in [0.29, 0.717) is 11.3 Å². The Morgan fingerprint density at radius 1 is 1.32 bits per heavy atom. The summed E-state index contributed by atoms with van der Waals surface area (Å²) in [7, 11) is 0. The van der Waals surface area contributed by atoms with Crippen LogP contribution in [0.1, 0.15) is 19.4 Å². The van der Waals surface area contributed by atoms with E-state index in [2.05, 4.69) is 11.4 Å². The van der Waals surface area contributed by atoms with Crippen molar-refractivity contribution in [3.05, 3.63) is 47.7 Å². The number of allylic oxidation sites excluding steroid dienone is 1. The average molecular weight is 262 g/mol. The van der Waals surface area contributed by atoms with Crippen LogP contribution >= 0.6 is 0 Å². The fraction of sp³-hybridized carbons (Fsp3) is 0.214. The van der Waals surface area contributed by atoms with Gasteiger partial charge in [-0.3, -0.25) is 0 Å². The van der Waals surface area contributed by atoms with Gasteiger partial charge < -0.3 is 15.3 Å². The van der Waals surface area contributed by atoms with E-state index in [0.717, 1.165) is 5.56 Å². The maximum Gasteiger partial charge on any atom is 0.342 e. The van der Waals surface area contributed by atoms with E-state index in [1.165, 1.54) is 0 Å². The van der Waals surface area contributed by atoms with E-state index in [4.69, 9.17) is 16.4 Å². The Morgan fingerprint density at radius 3 is 2.37 bits per heavy atom. The molecule has 19 heavy (non-hydrogen) atoms. The Balaban J connectivity index is 3.16. The van der Waals surface area contributed by atoms with Crippen molar-refractivity contribution in [3.63, 3.8) is 0 Å². The molecule has 0 spiro atoms. The predicted molar refractivity (Wildman–Crippen MR) is 74.5 cm³/mol. The minimum absolute atomic E-state index is 0.217. The number of rotatable bonds is 5. The van der Waals surface area contributed by atoms with Crippen LogP contribution in [0.25, 0.3) is 5.57 Å². The van der Waals surface area contributed by atoms with Crippen LogP contribution in [0.4, 0.5) is 5.69 Å². The van der Waals surface area contributed by atoms with Gasteiger partial charge in [-0.1, -0.05) is 18.7 Å². The number of ether oxygens (including phenoxy) is 1. The molecule has 5 nitrogen and oxygen atoms in total. The van der Waals surface area contributed by atoms with Gasteiger partial charge in [0.25, 0.3) is 0 Å². The van der Waals surface area contributed by atoms with Gasteiger partial charge in [0.1, 0.15) is 11.3 Å². The van der Waals surface area contributed by atoms with Crippen LogP contribution in [0.15, 0.2) is 42.2 Å². The molecule has 0 amide bonds. The van der Waals surface area contributed by atoms with Crippen LogP contribution in [0, 0.1) is 0 Å². The molecule has 0 aliphatic heterocycles. The van der Waals surface area contributed by atoms with E-state index in [1.54, 1.807) is 38.1 Å². The zero-order valence-corrected chi connectivity index (χ0v) is 11.1. The van der Waals surface area contributed by atoms with Crippen molar-refractivity contribution in [2.45, 2.75) is 13.8 Å². The molecular weight excluding hydrogens is 244 g/mol. The number of hydrogen-bond donors (Lipinski definition) is 2. The highest BCUT2D eigenvalue weighted by Crippen LogP contribution is 2.25. The lowest BCUT2D eigenvalue weighted by Crippen LogP contribution is -2.13. The molecule has 1 aromatic rings. The van der Waals surface area contributed by atoms with Crippen LogP contribution in [0.5, 0.6) is 0 Å². The van der Waals surface area contributed by atoms with Gasteiger partial charge in [-0.2, -0.15) is 5.90 Å². The number of carbonyl (C=O) groups is 1. The van der Waals surface area contributed by atoms with Gasteiger partial charge in [0.2, 0.25) is 0 Å². The minimum atomic E-state index is -0.521. The third-order valence-electron chi connectivity index (χ3n) is 2.57. The number of nitrogens with two attached hydrogens (primary N) is 2. The number of carbonyl (C=O) groups excluding carboxylic acids is 1. The standard InChI is InChI=1S/C14H18N2O3/c1-4-18-14(17)13(10(3)19-16)9(2)11-5-7-12(15)8-6-11/h5-8H,2,4,15-16H2,1,3H3/b13-10+. The van der Waals surface area contributed by atoms with E-state index in [9.17, 15) is 4.79 Å². The first-order chi connectivity index (χ1) is 9.01. The maximum absolute atomic E-state index is 11.9. The fourth-order valence-electron chi connectivity index (χ4n) is 1.57. The van der Waals surface area contributed by atoms with Gasteiger partial charge in [-0.05, 0) is 37.1 Å². The Bertz CT molecular complexity index is 504.